The third-order valence-electron chi connectivity index (χ3n) is 12.5. The smallest absolute Gasteiger partial charge is 0.179 e. The Hall–Kier alpha value is -8.26. The van der Waals surface area contributed by atoms with Crippen molar-refractivity contribution >= 4 is 72.4 Å². The zero-order chi connectivity index (χ0) is 41.7. The highest BCUT2D eigenvalue weighted by Gasteiger charge is 2.41. The molecule has 0 radical (unpaired) electrons. The number of benzene rings is 8. The standard InChI is InChI=1S/C56H38N6Si/c1-3-15-43(16-4-1)63(44-17-5-2-6-18-44,45-31-27-39(28-32-45)55-57-35-41(36-58-55)61-51-23-11-7-19-47(51)48-20-8-12-24-52(48)61)46-33-29-40(30-34-46)56-59-37-42(38-60-56)62-53-25-13-9-21-49(53)50-22-10-14-26-54(50)62/h1-38H. The molecule has 12 aromatic rings. The zero-order valence-electron chi connectivity index (χ0n) is 34.1. The molecule has 0 fully saturated rings. The normalized spacial score (nSPS) is 11.8. The Morgan fingerprint density at radius 3 is 0.857 bits per heavy atom. The summed E-state index contributed by atoms with van der Waals surface area (Å²) in [6.07, 6.45) is 7.74. The first-order valence-electron chi connectivity index (χ1n) is 21.2. The highest BCUT2D eigenvalue weighted by Crippen LogP contribution is 2.33. The molecule has 7 heteroatoms. The van der Waals surface area contributed by atoms with E-state index in [1.165, 1.54) is 42.3 Å². The summed E-state index contributed by atoms with van der Waals surface area (Å²) in [5.74, 6) is 1.37. The maximum Gasteiger partial charge on any atom is 0.179 e. The molecule has 0 N–H and O–H groups in total. The number of aromatic nitrogens is 6. The summed E-state index contributed by atoms with van der Waals surface area (Å²) in [5.41, 5.74) is 8.34. The van der Waals surface area contributed by atoms with Crippen LogP contribution in [0.1, 0.15) is 0 Å². The molecule has 12 rings (SSSR count). The van der Waals surface area contributed by atoms with Crippen LogP contribution in [0.2, 0.25) is 0 Å². The van der Waals surface area contributed by atoms with Crippen LogP contribution in [0, 0.1) is 0 Å². The summed E-state index contributed by atoms with van der Waals surface area (Å²) in [5, 5.41) is 9.99. The number of hydrogen-bond donors (Lipinski definition) is 0. The average Bonchev–Trinajstić information content (AvgIpc) is 3.89. The molecule has 0 saturated carbocycles. The van der Waals surface area contributed by atoms with Gasteiger partial charge in [0.05, 0.1) is 58.2 Å². The summed E-state index contributed by atoms with van der Waals surface area (Å²) >= 11 is 0. The molecule has 63 heavy (non-hydrogen) atoms. The summed E-state index contributed by atoms with van der Waals surface area (Å²) in [6, 6.07) is 73.8. The van der Waals surface area contributed by atoms with E-state index in [2.05, 4.69) is 215 Å². The second-order valence-corrected chi connectivity index (χ2v) is 19.7. The van der Waals surface area contributed by atoms with Crippen LogP contribution in [0.5, 0.6) is 0 Å². The topological polar surface area (TPSA) is 61.4 Å². The molecule has 0 atom stereocenters. The Labute approximate surface area is 365 Å². The van der Waals surface area contributed by atoms with Crippen LogP contribution in [-0.2, 0) is 0 Å². The molecule has 0 aliphatic heterocycles. The first-order valence-corrected chi connectivity index (χ1v) is 23.2. The lowest BCUT2D eigenvalue weighted by Crippen LogP contribution is -2.74. The van der Waals surface area contributed by atoms with Gasteiger partial charge >= 0.3 is 0 Å². The maximum atomic E-state index is 4.94. The Kier molecular flexibility index (Phi) is 8.72. The molecule has 0 amide bonds. The molecule has 8 aromatic carbocycles. The van der Waals surface area contributed by atoms with E-state index >= 15 is 0 Å². The fourth-order valence-electron chi connectivity index (χ4n) is 9.69. The molecule has 0 bridgehead atoms. The monoisotopic (exact) mass is 822 g/mol. The molecular formula is C56H38N6Si. The fraction of sp³-hybridized carbons (Fsp3) is 0. The summed E-state index contributed by atoms with van der Waals surface area (Å²) < 4.78 is 4.49. The van der Waals surface area contributed by atoms with Crippen LogP contribution >= 0.6 is 0 Å². The number of hydrogen-bond acceptors (Lipinski definition) is 4. The first kappa shape index (κ1) is 36.6. The third kappa shape index (κ3) is 5.93. The van der Waals surface area contributed by atoms with Gasteiger partial charge in [-0.2, -0.15) is 0 Å². The molecule has 0 aliphatic rings. The van der Waals surface area contributed by atoms with Gasteiger partial charge in [-0.05, 0) is 45.0 Å². The second-order valence-electron chi connectivity index (χ2n) is 15.9. The lowest BCUT2D eigenvalue weighted by Gasteiger charge is -2.34. The second kappa shape index (κ2) is 15.0. The molecule has 0 unspecified atom stereocenters. The minimum Gasteiger partial charge on any atom is -0.306 e. The molecular weight excluding hydrogens is 785 g/mol. The van der Waals surface area contributed by atoms with Gasteiger partial charge in [0.2, 0.25) is 0 Å². The number of para-hydroxylation sites is 4. The van der Waals surface area contributed by atoms with Crippen molar-refractivity contribution in [2.24, 2.45) is 0 Å². The molecule has 4 aromatic heterocycles. The molecule has 0 spiro atoms. The van der Waals surface area contributed by atoms with E-state index in [1.807, 2.05) is 24.8 Å². The Balaban J connectivity index is 0.916. The van der Waals surface area contributed by atoms with Crippen LogP contribution in [0.3, 0.4) is 0 Å². The summed E-state index contributed by atoms with van der Waals surface area (Å²) in [6.45, 7) is 0. The van der Waals surface area contributed by atoms with E-state index in [0.717, 1.165) is 44.6 Å². The van der Waals surface area contributed by atoms with Gasteiger partial charge in [0.1, 0.15) is 0 Å². The first-order chi connectivity index (χ1) is 31.3. The van der Waals surface area contributed by atoms with E-state index in [4.69, 9.17) is 19.9 Å². The van der Waals surface area contributed by atoms with Gasteiger partial charge in [-0.15, -0.1) is 0 Å². The lowest BCUT2D eigenvalue weighted by atomic mass is 10.2. The number of nitrogens with zero attached hydrogens (tertiary/aromatic N) is 6. The minimum absolute atomic E-state index is 0.686. The van der Waals surface area contributed by atoms with Crippen molar-refractivity contribution in [2.75, 3.05) is 0 Å². The molecule has 296 valence electrons. The number of fused-ring (bicyclic) bond motifs is 6. The predicted molar refractivity (Wildman–Crippen MR) is 261 cm³/mol. The Morgan fingerprint density at radius 2 is 0.540 bits per heavy atom. The van der Waals surface area contributed by atoms with Crippen molar-refractivity contribution in [1.29, 1.82) is 0 Å². The maximum absolute atomic E-state index is 4.94. The van der Waals surface area contributed by atoms with Gasteiger partial charge in [-0.25, -0.2) is 19.9 Å². The summed E-state index contributed by atoms with van der Waals surface area (Å²) in [7, 11) is -2.83. The van der Waals surface area contributed by atoms with Gasteiger partial charge in [-0.3, -0.25) is 0 Å². The molecule has 0 saturated heterocycles. The van der Waals surface area contributed by atoms with Gasteiger partial charge in [0.15, 0.2) is 19.7 Å². The average molecular weight is 823 g/mol. The van der Waals surface area contributed by atoms with Crippen LogP contribution in [0.25, 0.3) is 77.8 Å². The fourth-order valence-corrected chi connectivity index (χ4v) is 14.4. The van der Waals surface area contributed by atoms with Crippen molar-refractivity contribution in [3.05, 3.63) is 231 Å². The van der Waals surface area contributed by atoms with Crippen molar-refractivity contribution in [3.63, 3.8) is 0 Å². The minimum atomic E-state index is -2.83. The zero-order valence-corrected chi connectivity index (χ0v) is 35.1. The van der Waals surface area contributed by atoms with Crippen molar-refractivity contribution < 1.29 is 0 Å². The Morgan fingerprint density at radius 1 is 0.270 bits per heavy atom. The van der Waals surface area contributed by atoms with Crippen LogP contribution in [-0.4, -0.2) is 37.1 Å². The predicted octanol–water partition coefficient (Wildman–Crippen LogP) is 10.2. The van der Waals surface area contributed by atoms with E-state index < -0.39 is 8.07 Å². The molecule has 0 aliphatic carbocycles. The third-order valence-corrected chi connectivity index (χ3v) is 17.3. The van der Waals surface area contributed by atoms with Crippen LogP contribution < -0.4 is 20.7 Å². The highest BCUT2D eigenvalue weighted by molar-refractivity contribution is 7.19. The van der Waals surface area contributed by atoms with E-state index in [9.17, 15) is 0 Å². The van der Waals surface area contributed by atoms with Gasteiger partial charge in [0.25, 0.3) is 0 Å². The van der Waals surface area contributed by atoms with E-state index in [-0.39, 0.29) is 0 Å². The van der Waals surface area contributed by atoms with Crippen molar-refractivity contribution in [2.45, 2.75) is 0 Å². The molecule has 6 nitrogen and oxygen atoms in total. The van der Waals surface area contributed by atoms with Crippen molar-refractivity contribution in [3.8, 4) is 34.2 Å². The Bertz CT molecular complexity index is 3230. The van der Waals surface area contributed by atoms with Crippen LogP contribution in [0.4, 0.5) is 0 Å². The van der Waals surface area contributed by atoms with Gasteiger partial charge in [-0.1, -0.05) is 182 Å². The molecule has 4 heterocycles. The van der Waals surface area contributed by atoms with Crippen LogP contribution in [0.15, 0.2) is 231 Å². The van der Waals surface area contributed by atoms with Gasteiger partial charge in [0, 0.05) is 32.7 Å². The highest BCUT2D eigenvalue weighted by atomic mass is 28.3. The number of rotatable bonds is 8. The van der Waals surface area contributed by atoms with E-state index in [0.29, 0.717) is 11.6 Å². The SMILES string of the molecule is c1ccc([Si](c2ccccc2)(c2ccc(-c3ncc(-n4c5ccccc5c5ccccc54)cn3)cc2)c2ccc(-c3ncc(-n4c5ccccc5c5ccccc54)cn3)cc2)cc1. The summed E-state index contributed by atoms with van der Waals surface area (Å²) in [4.78, 5) is 19.7. The van der Waals surface area contributed by atoms with Gasteiger partial charge < -0.3 is 9.13 Å². The quantitative estimate of drug-likeness (QED) is 0.113. The van der Waals surface area contributed by atoms with E-state index in [1.54, 1.807) is 0 Å². The largest absolute Gasteiger partial charge is 0.306 e. The lowest BCUT2D eigenvalue weighted by molar-refractivity contribution is 1.08. The van der Waals surface area contributed by atoms with Crippen molar-refractivity contribution in [1.82, 2.24) is 29.1 Å².